The van der Waals surface area contributed by atoms with Crippen LogP contribution in [-0.4, -0.2) is 31.7 Å². The lowest BCUT2D eigenvalue weighted by molar-refractivity contribution is -0.141. The third-order valence-corrected chi connectivity index (χ3v) is 2.40. The number of carbonyl (C=O) groups is 1. The summed E-state index contributed by atoms with van der Waals surface area (Å²) in [7, 11) is 0. The van der Waals surface area contributed by atoms with Gasteiger partial charge in [0.1, 0.15) is 11.6 Å². The van der Waals surface area contributed by atoms with E-state index < -0.39 is 23.9 Å². The molecule has 2 rings (SSSR count). The predicted molar refractivity (Wildman–Crippen MR) is 58.7 cm³/mol. The minimum atomic E-state index is -4.57. The van der Waals surface area contributed by atoms with Crippen molar-refractivity contribution >= 4 is 17.3 Å². The van der Waals surface area contributed by atoms with Crippen LogP contribution in [0.2, 0.25) is 0 Å². The van der Waals surface area contributed by atoms with Gasteiger partial charge in [-0.05, 0) is 6.92 Å². The van der Waals surface area contributed by atoms with Gasteiger partial charge in [-0.2, -0.15) is 18.3 Å². The van der Waals surface area contributed by atoms with Gasteiger partial charge in [0.2, 0.25) is 0 Å². The first-order valence-corrected chi connectivity index (χ1v) is 5.20. The molecule has 1 unspecified atom stereocenters. The second kappa shape index (κ2) is 4.41. The van der Waals surface area contributed by atoms with Crippen molar-refractivity contribution < 1.29 is 23.1 Å². The summed E-state index contributed by atoms with van der Waals surface area (Å²) in [5, 5.41) is 14.6. The fraction of sp³-hybridized carbons (Fsp3) is 0.300. The van der Waals surface area contributed by atoms with Crippen molar-refractivity contribution in [2.45, 2.75) is 19.1 Å². The number of nitrogens with one attached hydrogen (secondary N) is 1. The Bertz CT molecular complexity index is 623. The quantitative estimate of drug-likeness (QED) is 0.889. The van der Waals surface area contributed by atoms with Crippen molar-refractivity contribution in [3.63, 3.8) is 0 Å². The van der Waals surface area contributed by atoms with Crippen LogP contribution in [0.1, 0.15) is 12.6 Å². The van der Waals surface area contributed by atoms with Crippen molar-refractivity contribution in [2.24, 2.45) is 0 Å². The molecule has 0 saturated carbocycles. The smallest absolute Gasteiger partial charge is 0.435 e. The number of anilines is 1. The van der Waals surface area contributed by atoms with Gasteiger partial charge in [0.25, 0.3) is 0 Å². The van der Waals surface area contributed by atoms with Crippen molar-refractivity contribution in [2.75, 3.05) is 5.32 Å². The van der Waals surface area contributed by atoms with Gasteiger partial charge in [-0.1, -0.05) is 0 Å². The Morgan fingerprint density at radius 3 is 2.79 bits per heavy atom. The van der Waals surface area contributed by atoms with E-state index in [0.717, 1.165) is 10.6 Å². The summed E-state index contributed by atoms with van der Waals surface area (Å²) in [6.07, 6.45) is -2.08. The van der Waals surface area contributed by atoms with Crippen molar-refractivity contribution in [1.82, 2.24) is 14.6 Å². The van der Waals surface area contributed by atoms with Gasteiger partial charge in [-0.15, -0.1) is 0 Å². The van der Waals surface area contributed by atoms with E-state index in [4.69, 9.17) is 5.11 Å². The maximum atomic E-state index is 12.5. The summed E-state index contributed by atoms with van der Waals surface area (Å²) in [5.74, 6) is -1.11. The molecule has 9 heteroatoms. The lowest BCUT2D eigenvalue weighted by Gasteiger charge is -2.10. The minimum absolute atomic E-state index is 0.0281. The number of nitrogens with zero attached hydrogens (tertiary/aromatic N) is 3. The number of rotatable bonds is 3. The number of halogens is 3. The molecule has 0 saturated heterocycles. The Morgan fingerprint density at radius 2 is 2.21 bits per heavy atom. The molecule has 2 heterocycles. The molecule has 0 radical (unpaired) electrons. The fourth-order valence-corrected chi connectivity index (χ4v) is 1.44. The Balaban J connectivity index is 2.45. The number of carboxylic acid groups (broad SMARTS) is 1. The molecule has 0 spiro atoms. The van der Waals surface area contributed by atoms with Gasteiger partial charge in [-0.3, -0.25) is 4.79 Å². The maximum absolute atomic E-state index is 12.5. The van der Waals surface area contributed by atoms with E-state index in [1.807, 2.05) is 0 Å². The zero-order valence-corrected chi connectivity index (χ0v) is 9.64. The number of carboxylic acids is 1. The molecule has 6 nitrogen and oxygen atoms in total. The molecule has 0 fully saturated rings. The van der Waals surface area contributed by atoms with Crippen LogP contribution < -0.4 is 5.32 Å². The topological polar surface area (TPSA) is 79.5 Å². The molecule has 2 aromatic heterocycles. The fourth-order valence-electron chi connectivity index (χ4n) is 1.44. The minimum Gasteiger partial charge on any atom is -0.480 e. The van der Waals surface area contributed by atoms with Crippen LogP contribution in [0, 0.1) is 0 Å². The second-order valence-corrected chi connectivity index (χ2v) is 3.84. The van der Waals surface area contributed by atoms with E-state index in [0.29, 0.717) is 0 Å². The third-order valence-electron chi connectivity index (χ3n) is 2.40. The molecular weight excluding hydrogens is 265 g/mol. The average Bonchev–Trinajstić information content (AvgIpc) is 2.73. The van der Waals surface area contributed by atoms with Crippen LogP contribution in [0.25, 0.3) is 5.52 Å². The zero-order chi connectivity index (χ0) is 14.2. The molecule has 1 atom stereocenters. The number of fused-ring (bicyclic) bond motifs is 1. The molecule has 0 aliphatic rings. The summed E-state index contributed by atoms with van der Waals surface area (Å²) in [5.41, 5.74) is -1.01. The standard InChI is InChI=1S/C10H9F3N4O2/c1-5(9(18)19)15-8-6-4-7(10(11,12)13)16-17(6)3-2-14-8/h2-5H,1H3,(H,14,15)(H,18,19). The van der Waals surface area contributed by atoms with Crippen LogP contribution in [-0.2, 0) is 11.0 Å². The molecule has 0 amide bonds. The lowest BCUT2D eigenvalue weighted by atomic mass is 10.3. The highest BCUT2D eigenvalue weighted by Gasteiger charge is 2.34. The molecular formula is C10H9F3N4O2. The average molecular weight is 274 g/mol. The van der Waals surface area contributed by atoms with Gasteiger partial charge in [0.05, 0.1) is 0 Å². The van der Waals surface area contributed by atoms with E-state index in [9.17, 15) is 18.0 Å². The zero-order valence-electron chi connectivity index (χ0n) is 9.64. The highest BCUT2D eigenvalue weighted by molar-refractivity contribution is 5.79. The van der Waals surface area contributed by atoms with Crippen LogP contribution in [0.5, 0.6) is 0 Å². The van der Waals surface area contributed by atoms with E-state index in [-0.39, 0.29) is 11.3 Å². The molecule has 2 aromatic rings. The molecule has 0 aliphatic carbocycles. The number of alkyl halides is 3. The van der Waals surface area contributed by atoms with Gasteiger partial charge < -0.3 is 10.4 Å². The summed E-state index contributed by atoms with van der Waals surface area (Å²) < 4.78 is 38.6. The monoisotopic (exact) mass is 274 g/mol. The SMILES string of the molecule is CC(Nc1nccn2nc(C(F)(F)F)cc12)C(=O)O. The van der Waals surface area contributed by atoms with Crippen molar-refractivity contribution in [3.05, 3.63) is 24.2 Å². The summed E-state index contributed by atoms with van der Waals surface area (Å²) in [6.45, 7) is 1.36. The van der Waals surface area contributed by atoms with E-state index >= 15 is 0 Å². The first-order valence-electron chi connectivity index (χ1n) is 5.20. The molecule has 2 N–H and O–H groups in total. The van der Waals surface area contributed by atoms with Crippen molar-refractivity contribution in [3.8, 4) is 0 Å². The Morgan fingerprint density at radius 1 is 1.53 bits per heavy atom. The first-order chi connectivity index (χ1) is 8.79. The van der Waals surface area contributed by atoms with Gasteiger partial charge >= 0.3 is 12.1 Å². The maximum Gasteiger partial charge on any atom is 0.435 e. The largest absolute Gasteiger partial charge is 0.480 e. The summed E-state index contributed by atoms with van der Waals surface area (Å²) >= 11 is 0. The molecule has 0 bridgehead atoms. The van der Waals surface area contributed by atoms with E-state index in [1.54, 1.807) is 0 Å². The number of hydrogen-bond acceptors (Lipinski definition) is 4. The highest BCUT2D eigenvalue weighted by atomic mass is 19.4. The van der Waals surface area contributed by atoms with Gasteiger partial charge in [0, 0.05) is 18.5 Å². The van der Waals surface area contributed by atoms with Gasteiger partial charge in [-0.25, -0.2) is 9.50 Å². The molecule has 0 aliphatic heterocycles. The summed E-state index contributed by atoms with van der Waals surface area (Å²) in [6, 6.07) is -0.174. The predicted octanol–water partition coefficient (Wildman–Crippen LogP) is 1.63. The normalized spacial score (nSPS) is 13.5. The molecule has 0 aromatic carbocycles. The van der Waals surface area contributed by atoms with Gasteiger partial charge in [0.15, 0.2) is 11.5 Å². The van der Waals surface area contributed by atoms with Crippen LogP contribution in [0.15, 0.2) is 18.5 Å². The lowest BCUT2D eigenvalue weighted by Crippen LogP contribution is -2.26. The van der Waals surface area contributed by atoms with E-state index in [2.05, 4.69) is 15.4 Å². The summed E-state index contributed by atoms with van der Waals surface area (Å²) in [4.78, 5) is 14.5. The molecule has 19 heavy (non-hydrogen) atoms. The number of aliphatic carboxylic acids is 1. The Hall–Kier alpha value is -2.32. The Kier molecular flexibility index (Phi) is 3.05. The second-order valence-electron chi connectivity index (χ2n) is 3.84. The molecule has 102 valence electrons. The number of aromatic nitrogens is 3. The van der Waals surface area contributed by atoms with Crippen LogP contribution in [0.4, 0.5) is 19.0 Å². The number of hydrogen-bond donors (Lipinski definition) is 2. The van der Waals surface area contributed by atoms with Crippen molar-refractivity contribution in [1.29, 1.82) is 0 Å². The Labute approximate surface area is 104 Å². The first kappa shape index (κ1) is 13.1. The van der Waals surface area contributed by atoms with Crippen LogP contribution >= 0.6 is 0 Å². The van der Waals surface area contributed by atoms with Crippen LogP contribution in [0.3, 0.4) is 0 Å². The third kappa shape index (κ3) is 2.59. The van der Waals surface area contributed by atoms with E-state index in [1.165, 1.54) is 19.3 Å². The highest BCUT2D eigenvalue weighted by Crippen LogP contribution is 2.30.